The first-order valence-electron chi connectivity index (χ1n) is 8.67. The summed E-state index contributed by atoms with van der Waals surface area (Å²) in [6.45, 7) is 0.285. The second kappa shape index (κ2) is 9.07. The fraction of sp³-hybridized carbons (Fsp3) is 0.350. The van der Waals surface area contributed by atoms with E-state index in [0.717, 1.165) is 16.9 Å². The van der Waals surface area contributed by atoms with Crippen molar-refractivity contribution in [3.05, 3.63) is 47.5 Å². The molecular weight excluding hydrogens is 382 g/mol. The highest BCUT2D eigenvalue weighted by atomic mass is 32.2. The molecule has 0 aromatic heterocycles. The molecule has 0 radical (unpaired) electrons. The van der Waals surface area contributed by atoms with Gasteiger partial charge in [-0.25, -0.2) is 0 Å². The van der Waals surface area contributed by atoms with E-state index in [9.17, 15) is 4.79 Å². The van der Waals surface area contributed by atoms with Crippen LogP contribution in [-0.4, -0.2) is 44.2 Å². The van der Waals surface area contributed by atoms with Crippen LogP contribution in [0.15, 0.2) is 36.4 Å². The van der Waals surface area contributed by atoms with E-state index in [2.05, 4.69) is 5.32 Å². The number of aliphatic carboxylic acids is 1. The number of ether oxygens (including phenoxy) is 4. The van der Waals surface area contributed by atoms with E-state index in [1.165, 1.54) is 0 Å². The summed E-state index contributed by atoms with van der Waals surface area (Å²) >= 11 is 1.56. The Morgan fingerprint density at radius 2 is 1.82 bits per heavy atom. The lowest BCUT2D eigenvalue weighted by atomic mass is 10.1. The third-order valence-corrected chi connectivity index (χ3v) is 5.71. The molecule has 8 heteroatoms. The number of benzene rings is 2. The molecule has 1 fully saturated rings. The van der Waals surface area contributed by atoms with E-state index in [0.29, 0.717) is 23.0 Å². The van der Waals surface area contributed by atoms with Crippen molar-refractivity contribution in [3.8, 4) is 23.0 Å². The normalized spacial score (nSPS) is 18.5. The lowest BCUT2D eigenvalue weighted by Gasteiger charge is -2.16. The van der Waals surface area contributed by atoms with Crippen LogP contribution in [0.25, 0.3) is 0 Å². The summed E-state index contributed by atoms with van der Waals surface area (Å²) < 4.78 is 22.1. The van der Waals surface area contributed by atoms with E-state index < -0.39 is 12.0 Å². The number of carboxylic acids is 1. The van der Waals surface area contributed by atoms with Crippen LogP contribution in [0.1, 0.15) is 16.5 Å². The minimum atomic E-state index is -0.839. The summed E-state index contributed by atoms with van der Waals surface area (Å²) in [5.41, 5.74) is 1.79. The van der Waals surface area contributed by atoms with Gasteiger partial charge in [0.1, 0.15) is 24.1 Å². The number of nitrogens with one attached hydrogen (secondary N) is 1. The fourth-order valence-electron chi connectivity index (χ4n) is 2.92. The molecule has 0 unspecified atom stereocenters. The molecule has 1 heterocycles. The summed E-state index contributed by atoms with van der Waals surface area (Å²) in [7, 11) is 4.79. The van der Waals surface area contributed by atoms with Crippen LogP contribution < -0.4 is 24.3 Å². The summed E-state index contributed by atoms with van der Waals surface area (Å²) in [4.78, 5) is 11.1. The Labute approximate surface area is 167 Å². The topological polar surface area (TPSA) is 86.2 Å². The first kappa shape index (κ1) is 20.2. The maximum absolute atomic E-state index is 11.1. The predicted octanol–water partition coefficient (Wildman–Crippen LogP) is 3.08. The van der Waals surface area contributed by atoms with Gasteiger partial charge in [-0.05, 0) is 35.9 Å². The number of thioether (sulfide) groups is 1. The minimum absolute atomic E-state index is 0.0949. The summed E-state index contributed by atoms with van der Waals surface area (Å²) in [5, 5.41) is 12.1. The van der Waals surface area contributed by atoms with E-state index in [1.807, 2.05) is 36.4 Å². The van der Waals surface area contributed by atoms with Crippen LogP contribution >= 0.6 is 11.8 Å². The second-order valence-corrected chi connectivity index (χ2v) is 7.29. The lowest BCUT2D eigenvalue weighted by Crippen LogP contribution is -2.33. The zero-order valence-corrected chi connectivity index (χ0v) is 16.7. The SMILES string of the molecule is COc1ccc(OC)c(COc2ccc([C@@H]3N[C@@H](C(=O)O)CS3)cc2OC)c1. The molecule has 3 rings (SSSR count). The second-order valence-electron chi connectivity index (χ2n) is 6.15. The zero-order chi connectivity index (χ0) is 20.1. The lowest BCUT2D eigenvalue weighted by molar-refractivity contribution is -0.138. The third kappa shape index (κ3) is 4.45. The molecule has 0 saturated carbocycles. The van der Waals surface area contributed by atoms with Gasteiger partial charge in [0, 0.05) is 11.3 Å². The largest absolute Gasteiger partial charge is 0.497 e. The molecule has 2 aromatic rings. The van der Waals surface area contributed by atoms with Gasteiger partial charge in [-0.3, -0.25) is 10.1 Å². The molecule has 2 atom stereocenters. The smallest absolute Gasteiger partial charge is 0.321 e. The number of hydrogen-bond donors (Lipinski definition) is 2. The Hall–Kier alpha value is -2.58. The molecule has 0 bridgehead atoms. The molecule has 0 amide bonds. The van der Waals surface area contributed by atoms with E-state index in [4.69, 9.17) is 24.1 Å². The molecule has 2 N–H and O–H groups in total. The van der Waals surface area contributed by atoms with Crippen molar-refractivity contribution in [1.29, 1.82) is 0 Å². The zero-order valence-electron chi connectivity index (χ0n) is 15.9. The highest BCUT2D eigenvalue weighted by molar-refractivity contribution is 7.99. The quantitative estimate of drug-likeness (QED) is 0.693. The molecule has 150 valence electrons. The fourth-order valence-corrected chi connectivity index (χ4v) is 4.15. The summed E-state index contributed by atoms with van der Waals surface area (Å²) in [6, 6.07) is 10.6. The number of carbonyl (C=O) groups is 1. The highest BCUT2D eigenvalue weighted by Crippen LogP contribution is 2.38. The van der Waals surface area contributed by atoms with Crippen LogP contribution in [0, 0.1) is 0 Å². The van der Waals surface area contributed by atoms with Crippen LogP contribution in [0.2, 0.25) is 0 Å². The van der Waals surface area contributed by atoms with Crippen molar-refractivity contribution in [2.75, 3.05) is 27.1 Å². The summed E-state index contributed by atoms with van der Waals surface area (Å²) in [5.74, 6) is 2.29. The Bertz CT molecular complexity index is 843. The van der Waals surface area contributed by atoms with Gasteiger partial charge in [0.15, 0.2) is 11.5 Å². The molecule has 0 spiro atoms. The molecule has 7 nitrogen and oxygen atoms in total. The summed E-state index contributed by atoms with van der Waals surface area (Å²) in [6.07, 6.45) is 0. The van der Waals surface area contributed by atoms with Gasteiger partial charge in [0.05, 0.1) is 26.7 Å². The minimum Gasteiger partial charge on any atom is -0.497 e. The molecule has 1 aliphatic rings. The predicted molar refractivity (Wildman–Crippen MR) is 107 cm³/mol. The number of hydrogen-bond acceptors (Lipinski definition) is 7. The van der Waals surface area contributed by atoms with Crippen molar-refractivity contribution in [1.82, 2.24) is 5.32 Å². The van der Waals surface area contributed by atoms with Crippen LogP contribution in [0.4, 0.5) is 0 Å². The van der Waals surface area contributed by atoms with Crippen LogP contribution in [0.5, 0.6) is 23.0 Å². The van der Waals surface area contributed by atoms with Crippen molar-refractivity contribution in [2.24, 2.45) is 0 Å². The Balaban J connectivity index is 1.74. The third-order valence-electron chi connectivity index (χ3n) is 4.44. The van der Waals surface area contributed by atoms with Crippen molar-refractivity contribution in [2.45, 2.75) is 18.0 Å². The van der Waals surface area contributed by atoms with Gasteiger partial charge >= 0.3 is 5.97 Å². The molecule has 1 saturated heterocycles. The number of carboxylic acid groups (broad SMARTS) is 1. The van der Waals surface area contributed by atoms with Gasteiger partial charge in [0.2, 0.25) is 0 Å². The molecular formula is C20H23NO6S. The molecule has 0 aliphatic carbocycles. The number of methoxy groups -OCH3 is 3. The van der Waals surface area contributed by atoms with Crippen LogP contribution in [0.3, 0.4) is 0 Å². The van der Waals surface area contributed by atoms with E-state index in [-0.39, 0.29) is 12.0 Å². The average molecular weight is 405 g/mol. The average Bonchev–Trinajstić information content (AvgIpc) is 3.22. The maximum atomic E-state index is 11.1. The van der Waals surface area contributed by atoms with Crippen LogP contribution in [-0.2, 0) is 11.4 Å². The maximum Gasteiger partial charge on any atom is 0.321 e. The van der Waals surface area contributed by atoms with Gasteiger partial charge in [0.25, 0.3) is 0 Å². The standard InChI is InChI=1S/C20H23NO6S/c1-24-14-5-7-16(25-2)13(8-14)10-27-17-6-4-12(9-18(17)26-3)19-21-15(11-28-19)20(22)23/h4-9,15,19,21H,10-11H2,1-3H3,(H,22,23)/t15-,19-/m1/s1. The molecule has 28 heavy (non-hydrogen) atoms. The van der Waals surface area contributed by atoms with Gasteiger partial charge < -0.3 is 24.1 Å². The monoisotopic (exact) mass is 405 g/mol. The van der Waals surface area contributed by atoms with Crippen molar-refractivity contribution >= 4 is 17.7 Å². The first-order chi connectivity index (χ1) is 13.5. The molecule has 1 aliphatic heterocycles. The van der Waals surface area contributed by atoms with Gasteiger partial charge in [-0.1, -0.05) is 6.07 Å². The molecule has 2 aromatic carbocycles. The van der Waals surface area contributed by atoms with E-state index >= 15 is 0 Å². The first-order valence-corrected chi connectivity index (χ1v) is 9.72. The highest BCUT2D eigenvalue weighted by Gasteiger charge is 2.30. The Kier molecular flexibility index (Phi) is 6.53. The van der Waals surface area contributed by atoms with Crippen molar-refractivity contribution in [3.63, 3.8) is 0 Å². The van der Waals surface area contributed by atoms with Crippen molar-refractivity contribution < 1.29 is 28.8 Å². The van der Waals surface area contributed by atoms with Gasteiger partial charge in [-0.2, -0.15) is 0 Å². The Morgan fingerprint density at radius 3 is 2.46 bits per heavy atom. The van der Waals surface area contributed by atoms with Gasteiger partial charge in [-0.15, -0.1) is 11.8 Å². The Morgan fingerprint density at radius 1 is 1.07 bits per heavy atom. The van der Waals surface area contributed by atoms with E-state index in [1.54, 1.807) is 33.1 Å². The number of rotatable bonds is 8.